The molecule has 1 atom stereocenters. The monoisotopic (exact) mass is 395 g/mol. The fraction of sp³-hybridized carbons (Fsp3) is 0.227. The summed E-state index contributed by atoms with van der Waals surface area (Å²) in [6, 6.07) is 12.2. The van der Waals surface area contributed by atoms with Gasteiger partial charge >= 0.3 is 0 Å². The highest BCUT2D eigenvalue weighted by Gasteiger charge is 2.49. The van der Waals surface area contributed by atoms with Crippen molar-refractivity contribution in [3.63, 3.8) is 0 Å². The van der Waals surface area contributed by atoms with Crippen molar-refractivity contribution in [1.82, 2.24) is 9.88 Å². The van der Waals surface area contributed by atoms with Gasteiger partial charge in [-0.15, -0.1) is 0 Å². The Hall–Kier alpha value is -3.35. The van der Waals surface area contributed by atoms with Crippen LogP contribution in [-0.4, -0.2) is 33.8 Å². The molecule has 2 aromatic carbocycles. The molecule has 1 aliphatic heterocycles. The van der Waals surface area contributed by atoms with Crippen LogP contribution in [0.15, 0.2) is 54.7 Å². The smallest absolute Gasteiger partial charge is 0.250 e. The number of nitrogens with zero attached hydrogens (tertiary/aromatic N) is 2. The number of benzene rings is 2. The molecule has 3 aromatic rings. The highest BCUT2D eigenvalue weighted by Crippen LogP contribution is 2.33. The number of halogens is 2. The Morgan fingerprint density at radius 1 is 1.17 bits per heavy atom. The van der Waals surface area contributed by atoms with E-state index in [1.165, 1.54) is 4.90 Å². The third kappa shape index (κ3) is 3.44. The van der Waals surface area contributed by atoms with E-state index in [0.29, 0.717) is 24.2 Å². The van der Waals surface area contributed by atoms with Crippen LogP contribution < -0.4 is 5.32 Å². The molecule has 2 heterocycles. The zero-order chi connectivity index (χ0) is 20.6. The molecule has 1 N–H and O–H groups in total. The number of rotatable bonds is 4. The molecule has 0 bridgehead atoms. The van der Waals surface area contributed by atoms with Crippen LogP contribution in [0.5, 0.6) is 0 Å². The normalized spacial score (nSPS) is 18.4. The summed E-state index contributed by atoms with van der Waals surface area (Å²) >= 11 is 0. The maximum Gasteiger partial charge on any atom is 0.250 e. The first-order chi connectivity index (χ1) is 13.9. The molecular weight excluding hydrogens is 376 g/mol. The largest absolute Gasteiger partial charge is 0.328 e. The molecule has 1 aromatic heterocycles. The van der Waals surface area contributed by atoms with Gasteiger partial charge in [0.1, 0.15) is 17.2 Å². The minimum absolute atomic E-state index is 0.0251. The van der Waals surface area contributed by atoms with Crippen molar-refractivity contribution in [2.24, 2.45) is 0 Å². The van der Waals surface area contributed by atoms with E-state index >= 15 is 0 Å². The van der Waals surface area contributed by atoms with Crippen LogP contribution in [0.4, 0.5) is 14.5 Å². The number of pyridine rings is 1. The molecule has 4 rings (SSSR count). The van der Waals surface area contributed by atoms with E-state index in [9.17, 15) is 18.4 Å². The number of aromatic nitrogens is 1. The maximum absolute atomic E-state index is 13.9. The van der Waals surface area contributed by atoms with Crippen molar-refractivity contribution in [1.29, 1.82) is 0 Å². The summed E-state index contributed by atoms with van der Waals surface area (Å²) in [5.74, 6) is -2.01. The molecule has 148 valence electrons. The lowest BCUT2D eigenvalue weighted by Crippen LogP contribution is -2.66. The Labute approximate surface area is 166 Å². The fourth-order valence-electron chi connectivity index (χ4n) is 3.59. The molecular formula is C22H19F2N3O2. The van der Waals surface area contributed by atoms with Gasteiger partial charge in [-0.05, 0) is 43.7 Å². The van der Waals surface area contributed by atoms with Gasteiger partial charge in [0.2, 0.25) is 11.8 Å². The van der Waals surface area contributed by atoms with Gasteiger partial charge in [-0.25, -0.2) is 8.78 Å². The summed E-state index contributed by atoms with van der Waals surface area (Å²) in [6.07, 6.45) is 1.82. The van der Waals surface area contributed by atoms with Crippen molar-refractivity contribution in [2.75, 3.05) is 11.9 Å². The van der Waals surface area contributed by atoms with Crippen molar-refractivity contribution >= 4 is 28.4 Å². The maximum atomic E-state index is 13.9. The van der Waals surface area contributed by atoms with Crippen LogP contribution in [0.25, 0.3) is 10.9 Å². The summed E-state index contributed by atoms with van der Waals surface area (Å²) < 4.78 is 27.3. The van der Waals surface area contributed by atoms with E-state index < -0.39 is 23.1 Å². The van der Waals surface area contributed by atoms with Gasteiger partial charge in [0.25, 0.3) is 0 Å². The third-order valence-electron chi connectivity index (χ3n) is 5.44. The van der Waals surface area contributed by atoms with E-state index in [1.807, 2.05) is 24.3 Å². The van der Waals surface area contributed by atoms with Crippen LogP contribution in [0.2, 0.25) is 0 Å². The van der Waals surface area contributed by atoms with Gasteiger partial charge in [-0.1, -0.05) is 18.2 Å². The number of nitrogens with one attached hydrogen (secondary N) is 1. The first-order valence-corrected chi connectivity index (χ1v) is 9.28. The summed E-state index contributed by atoms with van der Waals surface area (Å²) in [7, 11) is 0. The molecule has 1 unspecified atom stereocenters. The summed E-state index contributed by atoms with van der Waals surface area (Å²) in [6.45, 7) is 2.05. The van der Waals surface area contributed by atoms with Crippen LogP contribution >= 0.6 is 0 Å². The standard InChI is InChI=1S/C22H19F2N3O2/c1-22(21(29)26-18-6-2-4-14-5-3-10-25-20(14)18)9-11-27(22)19(28)13-15-12-16(23)7-8-17(15)24/h2-8,10,12H,9,11,13H2,1H3,(H,26,29). The first-order valence-electron chi connectivity index (χ1n) is 9.28. The number of hydrogen-bond donors (Lipinski definition) is 1. The number of carbonyl (C=O) groups excluding carboxylic acids is 2. The molecule has 0 radical (unpaired) electrons. The highest BCUT2D eigenvalue weighted by atomic mass is 19.1. The van der Waals surface area contributed by atoms with Crippen molar-refractivity contribution < 1.29 is 18.4 Å². The lowest BCUT2D eigenvalue weighted by Gasteiger charge is -2.49. The predicted molar refractivity (Wildman–Crippen MR) is 105 cm³/mol. The Kier molecular flexibility index (Phi) is 4.74. The minimum Gasteiger partial charge on any atom is -0.328 e. The Bertz CT molecular complexity index is 1110. The number of para-hydroxylation sites is 1. The van der Waals surface area contributed by atoms with E-state index in [-0.39, 0.29) is 17.9 Å². The topological polar surface area (TPSA) is 62.3 Å². The Morgan fingerprint density at radius 2 is 1.97 bits per heavy atom. The van der Waals surface area contributed by atoms with Crippen LogP contribution in [0.1, 0.15) is 18.9 Å². The second-order valence-corrected chi connectivity index (χ2v) is 7.32. The quantitative estimate of drug-likeness (QED) is 0.733. The second kappa shape index (κ2) is 7.24. The van der Waals surface area contributed by atoms with Crippen LogP contribution in [0, 0.1) is 11.6 Å². The molecule has 1 saturated heterocycles. The molecule has 0 spiro atoms. The zero-order valence-corrected chi connectivity index (χ0v) is 15.8. The van der Waals surface area contributed by atoms with Gasteiger partial charge in [0.05, 0.1) is 17.6 Å². The van der Waals surface area contributed by atoms with Gasteiger partial charge in [-0.3, -0.25) is 14.6 Å². The van der Waals surface area contributed by atoms with Crippen LogP contribution in [0.3, 0.4) is 0 Å². The highest BCUT2D eigenvalue weighted by molar-refractivity contribution is 6.06. The number of amides is 2. The van der Waals surface area contributed by atoms with E-state index in [1.54, 1.807) is 19.2 Å². The van der Waals surface area contributed by atoms with Gasteiger partial charge in [0.15, 0.2) is 0 Å². The number of likely N-dealkylation sites (tertiary alicyclic amines) is 1. The van der Waals surface area contributed by atoms with E-state index in [2.05, 4.69) is 10.3 Å². The second-order valence-electron chi connectivity index (χ2n) is 7.32. The Balaban J connectivity index is 1.52. The SMILES string of the molecule is CC1(C(=O)Nc2cccc3cccnc23)CCN1C(=O)Cc1cc(F)ccc1F. The fourth-order valence-corrected chi connectivity index (χ4v) is 3.59. The zero-order valence-electron chi connectivity index (χ0n) is 15.8. The number of anilines is 1. The molecule has 0 saturated carbocycles. The molecule has 0 aliphatic carbocycles. The molecule has 1 aliphatic rings. The van der Waals surface area contributed by atoms with Crippen molar-refractivity contribution in [3.8, 4) is 0 Å². The van der Waals surface area contributed by atoms with Crippen molar-refractivity contribution in [3.05, 3.63) is 71.9 Å². The molecule has 29 heavy (non-hydrogen) atoms. The minimum atomic E-state index is -1.06. The van der Waals surface area contributed by atoms with E-state index in [4.69, 9.17) is 0 Å². The molecule has 7 heteroatoms. The number of fused-ring (bicyclic) bond motifs is 1. The third-order valence-corrected chi connectivity index (χ3v) is 5.44. The van der Waals surface area contributed by atoms with Gasteiger partial charge < -0.3 is 10.2 Å². The average Bonchev–Trinajstić information content (AvgIpc) is 2.69. The number of carbonyl (C=O) groups is 2. The van der Waals surface area contributed by atoms with Gasteiger partial charge in [-0.2, -0.15) is 0 Å². The lowest BCUT2D eigenvalue weighted by atomic mass is 9.84. The average molecular weight is 395 g/mol. The summed E-state index contributed by atoms with van der Waals surface area (Å²) in [4.78, 5) is 31.4. The lowest BCUT2D eigenvalue weighted by molar-refractivity contribution is -0.154. The van der Waals surface area contributed by atoms with Crippen molar-refractivity contribution in [2.45, 2.75) is 25.3 Å². The first kappa shape index (κ1) is 19.0. The predicted octanol–water partition coefficient (Wildman–Crippen LogP) is 3.69. The van der Waals surface area contributed by atoms with Crippen LogP contribution in [-0.2, 0) is 16.0 Å². The van der Waals surface area contributed by atoms with Gasteiger partial charge in [0, 0.05) is 23.7 Å². The summed E-state index contributed by atoms with van der Waals surface area (Å²) in [5, 5.41) is 3.75. The summed E-state index contributed by atoms with van der Waals surface area (Å²) in [5.41, 5.74) is 0.136. The molecule has 2 amide bonds. The molecule has 5 nitrogen and oxygen atoms in total. The Morgan fingerprint density at radius 3 is 2.72 bits per heavy atom. The molecule has 1 fully saturated rings. The number of hydrogen-bond acceptors (Lipinski definition) is 3. The van der Waals surface area contributed by atoms with E-state index in [0.717, 1.165) is 23.6 Å².